The molecule has 0 saturated carbocycles. The van der Waals surface area contributed by atoms with Crippen LogP contribution in [0.3, 0.4) is 0 Å². The summed E-state index contributed by atoms with van der Waals surface area (Å²) >= 11 is 1.13. The highest BCUT2D eigenvalue weighted by Crippen LogP contribution is 2.28. The summed E-state index contributed by atoms with van der Waals surface area (Å²) in [6.45, 7) is 3.76. The van der Waals surface area contributed by atoms with Gasteiger partial charge in [-0.3, -0.25) is 9.52 Å². The number of hydrogen-bond acceptors (Lipinski definition) is 7. The maximum atomic E-state index is 12.5. The Morgan fingerprint density at radius 2 is 1.69 bits per heavy atom. The third-order valence-electron chi connectivity index (χ3n) is 4.38. The lowest BCUT2D eigenvalue weighted by atomic mass is 10.2. The van der Waals surface area contributed by atoms with Crippen LogP contribution in [0.2, 0.25) is 0 Å². The van der Waals surface area contributed by atoms with Crippen LogP contribution < -0.4 is 14.8 Å². The molecule has 0 unspecified atom stereocenters. The van der Waals surface area contributed by atoms with Crippen molar-refractivity contribution < 1.29 is 27.5 Å². The van der Waals surface area contributed by atoms with Gasteiger partial charge in [-0.05, 0) is 74.0 Å². The van der Waals surface area contributed by atoms with Gasteiger partial charge in [-0.15, -0.1) is 11.3 Å². The average molecular weight is 475 g/mol. The van der Waals surface area contributed by atoms with E-state index in [2.05, 4.69) is 10.0 Å². The normalized spacial score (nSPS) is 11.0. The summed E-state index contributed by atoms with van der Waals surface area (Å²) in [6, 6.07) is 13.7. The van der Waals surface area contributed by atoms with Crippen LogP contribution in [0, 0.1) is 6.92 Å². The molecule has 0 aliphatic carbocycles. The van der Waals surface area contributed by atoms with E-state index in [1.807, 2.05) is 0 Å². The number of ether oxygens (including phenoxy) is 2. The third-order valence-corrected chi connectivity index (χ3v) is 6.91. The van der Waals surface area contributed by atoms with Crippen molar-refractivity contribution in [3.8, 4) is 5.75 Å². The van der Waals surface area contributed by atoms with Gasteiger partial charge in [0.05, 0.1) is 23.6 Å². The molecule has 2 aromatic carbocycles. The minimum atomic E-state index is -3.78. The number of nitrogens with one attached hydrogen (secondary N) is 2. The van der Waals surface area contributed by atoms with Crippen LogP contribution in [0.5, 0.6) is 5.75 Å². The van der Waals surface area contributed by atoms with Crippen LogP contribution in [0.1, 0.15) is 32.5 Å². The second-order valence-corrected chi connectivity index (χ2v) is 9.39. The summed E-state index contributed by atoms with van der Waals surface area (Å²) in [5, 5.41) is 3.26. The number of methoxy groups -OCH3 is 1. The topological polar surface area (TPSA) is 111 Å². The number of thiophene rings is 1. The first-order valence-electron chi connectivity index (χ1n) is 9.59. The second-order valence-electron chi connectivity index (χ2n) is 6.66. The van der Waals surface area contributed by atoms with Gasteiger partial charge in [0.25, 0.3) is 15.9 Å². The van der Waals surface area contributed by atoms with Gasteiger partial charge in [0.1, 0.15) is 10.6 Å². The van der Waals surface area contributed by atoms with Gasteiger partial charge in [0.2, 0.25) is 0 Å². The van der Waals surface area contributed by atoms with Gasteiger partial charge >= 0.3 is 5.97 Å². The Balaban J connectivity index is 1.68. The van der Waals surface area contributed by atoms with Gasteiger partial charge in [-0.25, -0.2) is 13.2 Å². The van der Waals surface area contributed by atoms with E-state index in [-0.39, 0.29) is 17.4 Å². The molecule has 0 aliphatic rings. The predicted octanol–water partition coefficient (Wildman–Crippen LogP) is 4.29. The fraction of sp³-hybridized carbons (Fsp3) is 0.182. The van der Waals surface area contributed by atoms with Gasteiger partial charge in [0, 0.05) is 11.3 Å². The second kappa shape index (κ2) is 9.84. The molecule has 10 heteroatoms. The molecule has 0 aliphatic heterocycles. The smallest absolute Gasteiger partial charge is 0.348 e. The number of esters is 1. The number of aryl methyl sites for hydroxylation is 1. The molecule has 3 rings (SSSR count). The zero-order valence-electron chi connectivity index (χ0n) is 17.7. The highest BCUT2D eigenvalue weighted by atomic mass is 32.2. The number of sulfonamides is 1. The number of rotatable bonds is 8. The maximum Gasteiger partial charge on any atom is 0.348 e. The van der Waals surface area contributed by atoms with Gasteiger partial charge in [-0.2, -0.15) is 0 Å². The fourth-order valence-electron chi connectivity index (χ4n) is 2.79. The van der Waals surface area contributed by atoms with E-state index in [1.165, 1.54) is 43.5 Å². The Morgan fingerprint density at radius 1 is 1.03 bits per heavy atom. The molecule has 8 nitrogen and oxygen atoms in total. The first kappa shape index (κ1) is 23.3. The quantitative estimate of drug-likeness (QED) is 0.471. The Hall–Kier alpha value is -3.37. The summed E-state index contributed by atoms with van der Waals surface area (Å²) in [4.78, 5) is 25.0. The predicted molar refractivity (Wildman–Crippen MR) is 123 cm³/mol. The Kier molecular flexibility index (Phi) is 7.16. The van der Waals surface area contributed by atoms with Crippen LogP contribution >= 0.6 is 11.3 Å². The summed E-state index contributed by atoms with van der Waals surface area (Å²) in [5.74, 6) is -0.259. The van der Waals surface area contributed by atoms with Crippen LogP contribution in [0.25, 0.3) is 0 Å². The molecule has 1 heterocycles. The SMILES string of the molecule is CCOC(=O)c1sc(NC(=O)c2ccc(NS(=O)(=O)c3ccc(OC)cc3)cc2)cc1C. The Labute approximate surface area is 190 Å². The lowest BCUT2D eigenvalue weighted by Gasteiger charge is -2.09. The molecule has 0 spiro atoms. The highest BCUT2D eigenvalue weighted by Gasteiger charge is 2.17. The molecular weight excluding hydrogens is 452 g/mol. The number of hydrogen-bond donors (Lipinski definition) is 2. The summed E-state index contributed by atoms with van der Waals surface area (Å²) in [5.41, 5.74) is 1.36. The minimum Gasteiger partial charge on any atom is -0.497 e. The molecule has 168 valence electrons. The summed E-state index contributed by atoms with van der Waals surface area (Å²) in [7, 11) is -2.28. The van der Waals surface area contributed by atoms with Crippen molar-refractivity contribution in [3.05, 3.63) is 70.6 Å². The van der Waals surface area contributed by atoms with Crippen molar-refractivity contribution in [2.24, 2.45) is 0 Å². The standard InChI is InChI=1S/C22H22N2O6S2/c1-4-30-22(26)20-14(2)13-19(31-20)23-21(25)15-5-7-16(8-6-15)24-32(27,28)18-11-9-17(29-3)10-12-18/h5-13,24H,4H2,1-3H3,(H,23,25). The summed E-state index contributed by atoms with van der Waals surface area (Å²) in [6.07, 6.45) is 0. The molecule has 1 aromatic heterocycles. The Bertz CT molecular complexity index is 1220. The largest absolute Gasteiger partial charge is 0.497 e. The van der Waals surface area contributed by atoms with Crippen molar-refractivity contribution >= 4 is 43.9 Å². The van der Waals surface area contributed by atoms with E-state index in [9.17, 15) is 18.0 Å². The molecule has 2 N–H and O–H groups in total. The monoisotopic (exact) mass is 474 g/mol. The van der Waals surface area contributed by atoms with Crippen molar-refractivity contribution in [1.29, 1.82) is 0 Å². The van der Waals surface area contributed by atoms with E-state index < -0.39 is 16.0 Å². The molecule has 3 aromatic rings. The summed E-state index contributed by atoms with van der Waals surface area (Å²) < 4.78 is 37.6. The van der Waals surface area contributed by atoms with Crippen molar-refractivity contribution in [3.63, 3.8) is 0 Å². The molecule has 0 radical (unpaired) electrons. The van der Waals surface area contributed by atoms with Gasteiger partial charge < -0.3 is 14.8 Å². The van der Waals surface area contributed by atoms with E-state index in [0.29, 0.717) is 32.4 Å². The molecule has 1 amide bonds. The van der Waals surface area contributed by atoms with Crippen LogP contribution in [0.4, 0.5) is 10.7 Å². The van der Waals surface area contributed by atoms with Gasteiger partial charge in [-0.1, -0.05) is 0 Å². The molecule has 0 bridgehead atoms. The van der Waals surface area contributed by atoms with Crippen molar-refractivity contribution in [2.45, 2.75) is 18.7 Å². The van der Waals surface area contributed by atoms with E-state index in [4.69, 9.17) is 9.47 Å². The zero-order valence-corrected chi connectivity index (χ0v) is 19.3. The lowest BCUT2D eigenvalue weighted by Crippen LogP contribution is -2.14. The Morgan fingerprint density at radius 3 is 2.28 bits per heavy atom. The maximum absolute atomic E-state index is 12.5. The van der Waals surface area contributed by atoms with Gasteiger partial charge in [0.15, 0.2) is 0 Å². The third kappa shape index (κ3) is 5.45. The number of carbonyl (C=O) groups is 2. The zero-order chi connectivity index (χ0) is 23.3. The van der Waals surface area contributed by atoms with Crippen LogP contribution in [-0.4, -0.2) is 34.0 Å². The molecular formula is C22H22N2O6S2. The van der Waals surface area contributed by atoms with Crippen molar-refractivity contribution in [2.75, 3.05) is 23.8 Å². The van der Waals surface area contributed by atoms with Crippen LogP contribution in [-0.2, 0) is 14.8 Å². The first-order chi connectivity index (χ1) is 15.2. The molecule has 0 atom stereocenters. The average Bonchev–Trinajstić information content (AvgIpc) is 3.14. The van der Waals surface area contributed by atoms with E-state index >= 15 is 0 Å². The lowest BCUT2D eigenvalue weighted by molar-refractivity contribution is 0.0531. The minimum absolute atomic E-state index is 0.0885. The van der Waals surface area contributed by atoms with Crippen molar-refractivity contribution in [1.82, 2.24) is 0 Å². The number of carbonyl (C=O) groups excluding carboxylic acids is 2. The molecule has 0 saturated heterocycles. The number of benzene rings is 2. The van der Waals surface area contributed by atoms with Crippen LogP contribution in [0.15, 0.2) is 59.5 Å². The van der Waals surface area contributed by atoms with E-state index in [0.717, 1.165) is 11.3 Å². The fourth-order valence-corrected chi connectivity index (χ4v) is 4.81. The number of amides is 1. The molecule has 0 fully saturated rings. The van der Waals surface area contributed by atoms with E-state index in [1.54, 1.807) is 32.0 Å². The number of anilines is 2. The molecule has 32 heavy (non-hydrogen) atoms. The first-order valence-corrected chi connectivity index (χ1v) is 11.9. The highest BCUT2D eigenvalue weighted by molar-refractivity contribution is 7.92.